The van der Waals surface area contributed by atoms with Gasteiger partial charge in [0.05, 0.1) is 0 Å². The van der Waals surface area contributed by atoms with Crippen LogP contribution in [-0.4, -0.2) is 41.8 Å². The summed E-state index contributed by atoms with van der Waals surface area (Å²) < 4.78 is 5.31. The molecule has 1 aliphatic heterocycles. The minimum Gasteiger partial charge on any atom is -0.444 e. The molecule has 0 aromatic carbocycles. The van der Waals surface area contributed by atoms with Crippen molar-refractivity contribution in [3.8, 4) is 0 Å². The normalized spacial score (nSPS) is 16.7. The molecular weight excluding hydrogens is 246 g/mol. The lowest BCUT2D eigenvalue weighted by Gasteiger charge is -2.33. The number of amides is 3. The lowest BCUT2D eigenvalue weighted by Crippen LogP contribution is -2.49. The van der Waals surface area contributed by atoms with Crippen LogP contribution >= 0.6 is 0 Å². The standard InChI is InChI=1S/C13H23N3O3/c1-5-14-11(17)15-10-6-8-16(9-7-10)12(18)19-13(2,3)4/h5,10H,1,6-9H2,2-4H3,(H2,14,15,17). The van der Waals surface area contributed by atoms with Gasteiger partial charge in [0.15, 0.2) is 0 Å². The summed E-state index contributed by atoms with van der Waals surface area (Å²) in [6.45, 7) is 10.1. The van der Waals surface area contributed by atoms with Crippen LogP contribution in [0.2, 0.25) is 0 Å². The van der Waals surface area contributed by atoms with Gasteiger partial charge in [-0.25, -0.2) is 9.59 Å². The monoisotopic (exact) mass is 269 g/mol. The summed E-state index contributed by atoms with van der Waals surface area (Å²) in [5.41, 5.74) is -0.476. The van der Waals surface area contributed by atoms with Gasteiger partial charge in [-0.15, -0.1) is 0 Å². The van der Waals surface area contributed by atoms with Crippen molar-refractivity contribution >= 4 is 12.1 Å². The van der Waals surface area contributed by atoms with Crippen LogP contribution in [0, 0.1) is 0 Å². The first-order valence-corrected chi connectivity index (χ1v) is 6.47. The van der Waals surface area contributed by atoms with E-state index in [-0.39, 0.29) is 18.2 Å². The topological polar surface area (TPSA) is 70.7 Å². The fourth-order valence-electron chi connectivity index (χ4n) is 1.85. The Labute approximate surface area is 114 Å². The second-order valence-electron chi connectivity index (χ2n) is 5.56. The lowest BCUT2D eigenvalue weighted by molar-refractivity contribution is 0.0201. The quantitative estimate of drug-likeness (QED) is 0.803. The summed E-state index contributed by atoms with van der Waals surface area (Å²) in [5, 5.41) is 5.29. The SMILES string of the molecule is C=CNC(=O)NC1CCN(C(=O)OC(C)(C)C)CC1. The number of hydrogen-bond acceptors (Lipinski definition) is 3. The maximum Gasteiger partial charge on any atom is 0.410 e. The molecule has 0 bridgehead atoms. The van der Waals surface area contributed by atoms with Crippen molar-refractivity contribution in [2.24, 2.45) is 0 Å². The van der Waals surface area contributed by atoms with Crippen LogP contribution in [0.3, 0.4) is 0 Å². The van der Waals surface area contributed by atoms with Gasteiger partial charge in [0.1, 0.15) is 5.60 Å². The molecule has 1 heterocycles. The third-order valence-corrected chi connectivity index (χ3v) is 2.72. The third kappa shape index (κ3) is 5.63. The lowest BCUT2D eigenvalue weighted by atomic mass is 10.1. The van der Waals surface area contributed by atoms with E-state index in [0.717, 1.165) is 12.8 Å². The molecule has 0 atom stereocenters. The highest BCUT2D eigenvalue weighted by Gasteiger charge is 2.27. The first kappa shape index (κ1) is 15.3. The summed E-state index contributed by atoms with van der Waals surface area (Å²) >= 11 is 0. The van der Waals surface area contributed by atoms with Crippen molar-refractivity contribution < 1.29 is 14.3 Å². The molecule has 0 unspecified atom stereocenters. The predicted molar refractivity (Wildman–Crippen MR) is 72.7 cm³/mol. The molecule has 1 fully saturated rings. The second-order valence-corrected chi connectivity index (χ2v) is 5.56. The number of hydrogen-bond donors (Lipinski definition) is 2. The van der Waals surface area contributed by atoms with Crippen molar-refractivity contribution in [3.05, 3.63) is 12.8 Å². The summed E-state index contributed by atoms with van der Waals surface area (Å²) in [7, 11) is 0. The molecule has 0 saturated carbocycles. The summed E-state index contributed by atoms with van der Waals surface area (Å²) in [5.74, 6) is 0. The van der Waals surface area contributed by atoms with Crippen molar-refractivity contribution in [1.29, 1.82) is 0 Å². The Morgan fingerprint density at radius 2 is 1.89 bits per heavy atom. The van der Waals surface area contributed by atoms with Crippen LogP contribution in [0.5, 0.6) is 0 Å². The van der Waals surface area contributed by atoms with E-state index in [1.165, 1.54) is 6.20 Å². The third-order valence-electron chi connectivity index (χ3n) is 2.72. The van der Waals surface area contributed by atoms with Crippen LogP contribution < -0.4 is 10.6 Å². The van der Waals surface area contributed by atoms with Crippen LogP contribution in [0.25, 0.3) is 0 Å². The number of nitrogens with zero attached hydrogens (tertiary/aromatic N) is 1. The Bertz CT molecular complexity index is 342. The molecule has 3 amide bonds. The first-order valence-electron chi connectivity index (χ1n) is 6.47. The first-order chi connectivity index (χ1) is 8.81. The van der Waals surface area contributed by atoms with Crippen molar-refractivity contribution in [2.75, 3.05) is 13.1 Å². The van der Waals surface area contributed by atoms with E-state index in [4.69, 9.17) is 4.74 Å². The molecular formula is C13H23N3O3. The minimum absolute atomic E-state index is 0.0821. The number of likely N-dealkylation sites (tertiary alicyclic amines) is 1. The van der Waals surface area contributed by atoms with Gasteiger partial charge in [0.2, 0.25) is 0 Å². The van der Waals surface area contributed by atoms with Gasteiger partial charge in [-0.1, -0.05) is 6.58 Å². The molecule has 6 heteroatoms. The zero-order valence-electron chi connectivity index (χ0n) is 11.9. The number of carbonyl (C=O) groups excluding carboxylic acids is 2. The highest BCUT2D eigenvalue weighted by atomic mass is 16.6. The van der Waals surface area contributed by atoms with Crippen LogP contribution in [0.15, 0.2) is 12.8 Å². The van der Waals surface area contributed by atoms with Gasteiger partial charge in [0, 0.05) is 19.1 Å². The van der Waals surface area contributed by atoms with Gasteiger partial charge in [-0.2, -0.15) is 0 Å². The van der Waals surface area contributed by atoms with E-state index in [9.17, 15) is 9.59 Å². The Hall–Kier alpha value is -1.72. The van der Waals surface area contributed by atoms with Crippen LogP contribution in [-0.2, 0) is 4.74 Å². The molecule has 0 spiro atoms. The van der Waals surface area contributed by atoms with E-state index in [1.54, 1.807) is 4.90 Å². The van der Waals surface area contributed by atoms with Gasteiger partial charge in [-0.3, -0.25) is 0 Å². The number of rotatable bonds is 2. The molecule has 1 saturated heterocycles. The Morgan fingerprint density at radius 3 is 2.37 bits per heavy atom. The van der Waals surface area contributed by atoms with Crippen molar-refractivity contribution in [3.63, 3.8) is 0 Å². The van der Waals surface area contributed by atoms with E-state index in [2.05, 4.69) is 17.2 Å². The fourth-order valence-corrected chi connectivity index (χ4v) is 1.85. The number of carbonyl (C=O) groups is 2. The molecule has 1 aliphatic rings. The zero-order valence-corrected chi connectivity index (χ0v) is 11.9. The van der Waals surface area contributed by atoms with Gasteiger partial charge in [-0.05, 0) is 39.8 Å². The zero-order chi connectivity index (χ0) is 14.5. The van der Waals surface area contributed by atoms with E-state index in [0.29, 0.717) is 13.1 Å². The van der Waals surface area contributed by atoms with Gasteiger partial charge >= 0.3 is 12.1 Å². The molecule has 19 heavy (non-hydrogen) atoms. The smallest absolute Gasteiger partial charge is 0.410 e. The molecule has 1 rings (SSSR count). The van der Waals surface area contributed by atoms with Gasteiger partial charge in [0.25, 0.3) is 0 Å². The summed E-state index contributed by atoms with van der Waals surface area (Å²) in [4.78, 5) is 24.8. The average molecular weight is 269 g/mol. The maximum absolute atomic E-state index is 11.8. The molecule has 0 aromatic rings. The Morgan fingerprint density at radius 1 is 1.32 bits per heavy atom. The summed E-state index contributed by atoms with van der Waals surface area (Å²) in [6, 6.07) is -0.177. The van der Waals surface area contributed by atoms with Crippen molar-refractivity contribution in [2.45, 2.75) is 45.3 Å². The largest absolute Gasteiger partial charge is 0.444 e. The molecule has 6 nitrogen and oxygen atoms in total. The Balaban J connectivity index is 2.34. The van der Waals surface area contributed by atoms with E-state index < -0.39 is 5.60 Å². The number of nitrogens with one attached hydrogen (secondary N) is 2. The number of ether oxygens (including phenoxy) is 1. The van der Waals surface area contributed by atoms with Crippen LogP contribution in [0.4, 0.5) is 9.59 Å². The highest BCUT2D eigenvalue weighted by molar-refractivity contribution is 5.75. The molecule has 0 aromatic heterocycles. The van der Waals surface area contributed by atoms with Crippen LogP contribution in [0.1, 0.15) is 33.6 Å². The maximum atomic E-state index is 11.8. The second kappa shape index (κ2) is 6.45. The summed E-state index contributed by atoms with van der Waals surface area (Å²) in [6.07, 6.45) is 2.50. The van der Waals surface area contributed by atoms with Gasteiger partial charge < -0.3 is 20.3 Å². The highest BCUT2D eigenvalue weighted by Crippen LogP contribution is 2.15. The molecule has 2 N–H and O–H groups in total. The van der Waals surface area contributed by atoms with Crippen molar-refractivity contribution in [1.82, 2.24) is 15.5 Å². The average Bonchev–Trinajstić information content (AvgIpc) is 2.27. The minimum atomic E-state index is -0.476. The molecule has 108 valence electrons. The molecule has 0 radical (unpaired) electrons. The number of piperidine rings is 1. The predicted octanol–water partition coefficient (Wildman–Crippen LogP) is 1.83. The van der Waals surface area contributed by atoms with E-state index in [1.807, 2.05) is 20.8 Å². The molecule has 0 aliphatic carbocycles. The fraction of sp³-hybridized carbons (Fsp3) is 0.692. The number of urea groups is 1. The Kier molecular flexibility index (Phi) is 5.20. The van der Waals surface area contributed by atoms with E-state index >= 15 is 0 Å².